The van der Waals surface area contributed by atoms with Gasteiger partial charge in [-0.2, -0.15) is 0 Å². The van der Waals surface area contributed by atoms with Crippen molar-refractivity contribution in [2.75, 3.05) is 13.7 Å². The van der Waals surface area contributed by atoms with Gasteiger partial charge in [0.1, 0.15) is 4.90 Å². The number of hydrogen-bond acceptors (Lipinski definition) is 9. The summed E-state index contributed by atoms with van der Waals surface area (Å²) in [4.78, 5) is 19.7. The zero-order chi connectivity index (χ0) is 28.2. The molecule has 0 saturated heterocycles. The second-order valence-corrected chi connectivity index (χ2v) is 14.7. The maximum Gasteiger partial charge on any atom is 0.421 e. The Labute approximate surface area is 231 Å². The average Bonchev–Trinajstić information content (AvgIpc) is 3.25. The molecule has 39 heavy (non-hydrogen) atoms. The van der Waals surface area contributed by atoms with Gasteiger partial charge < -0.3 is 19.7 Å². The predicted octanol–water partition coefficient (Wildman–Crippen LogP) is 3.53. The lowest BCUT2D eigenvalue weighted by atomic mass is 9.43. The molecule has 0 aliphatic heterocycles. The number of nitrogens with zero attached hydrogens (tertiary/aromatic N) is 2. The minimum absolute atomic E-state index is 0.0231. The summed E-state index contributed by atoms with van der Waals surface area (Å²) >= 11 is 0. The topological polar surface area (TPSA) is 148 Å². The molecule has 4 fully saturated rings. The number of nitrogens with one attached hydrogen (secondary N) is 1. The van der Waals surface area contributed by atoms with Gasteiger partial charge >= 0.3 is 12.1 Å². The first-order valence-electron chi connectivity index (χ1n) is 14.3. The van der Waals surface area contributed by atoms with Crippen LogP contribution in [0.15, 0.2) is 17.3 Å². The van der Waals surface area contributed by atoms with Crippen LogP contribution in [0, 0.1) is 46.3 Å². The van der Waals surface area contributed by atoms with Crippen LogP contribution in [0.5, 0.6) is 6.01 Å². The fourth-order valence-corrected chi connectivity index (χ4v) is 10.0. The lowest BCUT2D eigenvalue weighted by Crippen LogP contribution is -2.58. The molecule has 0 unspecified atom stereocenters. The highest BCUT2D eigenvalue weighted by molar-refractivity contribution is 7.90. The molecule has 10 atom stereocenters. The minimum atomic E-state index is -4.17. The number of hydrogen-bond donors (Lipinski definition) is 3. The summed E-state index contributed by atoms with van der Waals surface area (Å²) < 4.78 is 37.2. The van der Waals surface area contributed by atoms with Gasteiger partial charge in [-0.05, 0) is 97.7 Å². The third kappa shape index (κ3) is 5.03. The summed E-state index contributed by atoms with van der Waals surface area (Å²) in [5.41, 5.74) is 0.209. The standard InChI is InChI=1S/C28H43N3O7S/c1-16(15-38-26(34)31-39(35,36)19-13-29-25(37-4)30-14-19)20-5-6-21-24-22(8-10-28(20,21)3)27(2)9-7-18(32)11-17(27)12-23(24)33/h13-14,16-18,20-24,32-33H,5-12,15H2,1-4H3,(H,31,34)/t16-,17+,18-,20-,21+,22+,23-,24+,27+,28-/m1/s1. The van der Waals surface area contributed by atoms with E-state index in [2.05, 4.69) is 30.7 Å². The zero-order valence-electron chi connectivity index (χ0n) is 23.4. The fourth-order valence-electron chi connectivity index (χ4n) is 9.25. The van der Waals surface area contributed by atoms with Crippen LogP contribution in [-0.2, 0) is 14.8 Å². The van der Waals surface area contributed by atoms with Crippen LogP contribution in [0.4, 0.5) is 4.79 Å². The monoisotopic (exact) mass is 565 g/mol. The van der Waals surface area contributed by atoms with Crippen molar-refractivity contribution in [3.05, 3.63) is 12.4 Å². The van der Waals surface area contributed by atoms with Crippen LogP contribution in [0.25, 0.3) is 0 Å². The molecule has 5 rings (SSSR count). The number of methoxy groups -OCH3 is 1. The Morgan fingerprint density at radius 2 is 1.74 bits per heavy atom. The molecule has 11 heteroatoms. The van der Waals surface area contributed by atoms with Gasteiger partial charge in [-0.3, -0.25) is 0 Å². The number of sulfonamides is 1. The number of carbonyl (C=O) groups is 1. The molecule has 218 valence electrons. The van der Waals surface area contributed by atoms with Crippen molar-refractivity contribution in [1.29, 1.82) is 0 Å². The van der Waals surface area contributed by atoms with Crippen LogP contribution < -0.4 is 9.46 Å². The van der Waals surface area contributed by atoms with Gasteiger partial charge in [-0.15, -0.1) is 0 Å². The SMILES string of the molecule is COc1ncc(S(=O)(=O)NC(=O)OC[C@@H](C)[C@H]2CC[C@H]3[C@@H]4[C@H](O)C[C@@H]5C[C@H](O)CC[C@]5(C)[C@H]4CC[C@]23C)cn1. The minimum Gasteiger partial charge on any atom is -0.467 e. The number of amides is 1. The maximum absolute atomic E-state index is 12.5. The third-order valence-corrected chi connectivity index (χ3v) is 12.5. The normalized spacial score (nSPS) is 40.5. The Hall–Kier alpha value is -1.98. The second-order valence-electron chi connectivity index (χ2n) is 13.0. The molecule has 1 aromatic heterocycles. The molecular formula is C28H43N3O7S. The molecule has 0 aromatic carbocycles. The summed E-state index contributed by atoms with van der Waals surface area (Å²) in [6.45, 7) is 6.94. The predicted molar refractivity (Wildman–Crippen MR) is 142 cm³/mol. The molecule has 1 heterocycles. The zero-order valence-corrected chi connectivity index (χ0v) is 24.2. The largest absolute Gasteiger partial charge is 0.467 e. The van der Waals surface area contributed by atoms with E-state index in [1.54, 1.807) is 0 Å². The summed E-state index contributed by atoms with van der Waals surface area (Å²) in [5, 5.41) is 21.7. The molecule has 4 saturated carbocycles. The fraction of sp³-hybridized carbons (Fsp3) is 0.821. The van der Waals surface area contributed by atoms with Crippen molar-refractivity contribution in [1.82, 2.24) is 14.7 Å². The molecule has 0 spiro atoms. The van der Waals surface area contributed by atoms with Gasteiger partial charge in [0, 0.05) is 0 Å². The molecule has 1 amide bonds. The first kappa shape index (κ1) is 28.5. The van der Waals surface area contributed by atoms with E-state index >= 15 is 0 Å². The Balaban J connectivity index is 1.22. The Kier molecular flexibility index (Phi) is 7.65. The van der Waals surface area contributed by atoms with Crippen LogP contribution in [-0.4, -0.2) is 60.6 Å². The van der Waals surface area contributed by atoms with Crippen molar-refractivity contribution in [2.45, 2.75) is 89.2 Å². The molecule has 0 bridgehead atoms. The lowest BCUT2D eigenvalue weighted by Gasteiger charge is -2.62. The van der Waals surface area contributed by atoms with Crippen molar-refractivity contribution in [3.8, 4) is 6.01 Å². The molecule has 10 nitrogen and oxygen atoms in total. The van der Waals surface area contributed by atoms with E-state index in [-0.39, 0.29) is 52.4 Å². The first-order chi connectivity index (χ1) is 18.4. The van der Waals surface area contributed by atoms with Gasteiger partial charge in [0.25, 0.3) is 10.0 Å². The number of rotatable bonds is 6. The number of aliphatic hydroxyl groups is 2. The summed E-state index contributed by atoms with van der Waals surface area (Å²) in [6, 6.07) is 0.0231. The molecule has 4 aliphatic carbocycles. The van der Waals surface area contributed by atoms with Gasteiger partial charge in [-0.25, -0.2) is 27.9 Å². The van der Waals surface area contributed by atoms with Crippen LogP contribution in [0.3, 0.4) is 0 Å². The molecule has 1 aromatic rings. The van der Waals surface area contributed by atoms with Gasteiger partial charge in [0.15, 0.2) is 0 Å². The number of ether oxygens (including phenoxy) is 2. The van der Waals surface area contributed by atoms with E-state index in [9.17, 15) is 23.4 Å². The van der Waals surface area contributed by atoms with E-state index in [1.807, 2.05) is 4.72 Å². The number of carbonyl (C=O) groups excluding carboxylic acids is 1. The van der Waals surface area contributed by atoms with Crippen molar-refractivity contribution < 1.29 is 32.9 Å². The van der Waals surface area contributed by atoms with E-state index in [0.29, 0.717) is 23.7 Å². The lowest BCUT2D eigenvalue weighted by molar-refractivity contribution is -0.174. The van der Waals surface area contributed by atoms with E-state index in [1.165, 1.54) is 7.11 Å². The molecule has 4 aliphatic rings. The highest BCUT2D eigenvalue weighted by atomic mass is 32.2. The van der Waals surface area contributed by atoms with Gasteiger partial charge in [0.05, 0.1) is 38.3 Å². The third-order valence-electron chi connectivity index (χ3n) is 11.2. The summed E-state index contributed by atoms with van der Waals surface area (Å²) in [5.74, 6) is 1.88. The Morgan fingerprint density at radius 3 is 2.44 bits per heavy atom. The van der Waals surface area contributed by atoms with Crippen molar-refractivity contribution in [3.63, 3.8) is 0 Å². The first-order valence-corrected chi connectivity index (χ1v) is 15.8. The van der Waals surface area contributed by atoms with E-state index < -0.39 is 16.1 Å². The number of aliphatic hydroxyl groups excluding tert-OH is 2. The van der Waals surface area contributed by atoms with Crippen molar-refractivity contribution in [2.24, 2.45) is 46.3 Å². The number of aromatic nitrogens is 2. The van der Waals surface area contributed by atoms with Crippen LogP contribution in [0.1, 0.15) is 72.1 Å². The smallest absolute Gasteiger partial charge is 0.421 e. The average molecular weight is 566 g/mol. The summed E-state index contributed by atoms with van der Waals surface area (Å²) in [6.07, 6.45) is 8.19. The van der Waals surface area contributed by atoms with Crippen LogP contribution in [0.2, 0.25) is 0 Å². The van der Waals surface area contributed by atoms with Gasteiger partial charge in [0.2, 0.25) is 0 Å². The molecule has 0 radical (unpaired) electrons. The van der Waals surface area contributed by atoms with Crippen LogP contribution >= 0.6 is 0 Å². The highest BCUT2D eigenvalue weighted by Crippen LogP contribution is 2.68. The molecule has 3 N–H and O–H groups in total. The van der Waals surface area contributed by atoms with E-state index in [4.69, 9.17) is 9.47 Å². The Morgan fingerprint density at radius 1 is 1.08 bits per heavy atom. The summed E-state index contributed by atoms with van der Waals surface area (Å²) in [7, 11) is -2.80. The quantitative estimate of drug-likeness (QED) is 0.471. The highest BCUT2D eigenvalue weighted by Gasteiger charge is 2.62. The van der Waals surface area contributed by atoms with Gasteiger partial charge in [-0.1, -0.05) is 20.8 Å². The molecular weight excluding hydrogens is 522 g/mol. The number of fused-ring (bicyclic) bond motifs is 5. The van der Waals surface area contributed by atoms with E-state index in [0.717, 1.165) is 63.8 Å². The van der Waals surface area contributed by atoms with Crippen molar-refractivity contribution >= 4 is 16.1 Å². The maximum atomic E-state index is 12.5. The Bertz CT molecular complexity index is 1160. The second kappa shape index (κ2) is 10.4.